The van der Waals surface area contributed by atoms with E-state index >= 15 is 0 Å². The summed E-state index contributed by atoms with van der Waals surface area (Å²) in [4.78, 5) is 10.5. The van der Waals surface area contributed by atoms with Crippen molar-refractivity contribution < 1.29 is 41.0 Å². The van der Waals surface area contributed by atoms with E-state index in [-0.39, 0.29) is 18.4 Å². The first-order chi connectivity index (χ1) is 15.0. The number of ether oxygens (including phenoxy) is 2. The summed E-state index contributed by atoms with van der Waals surface area (Å²) in [6.45, 7) is 0.773. The second kappa shape index (κ2) is 9.20. The van der Waals surface area contributed by atoms with E-state index in [9.17, 15) is 31.5 Å². The fourth-order valence-corrected chi connectivity index (χ4v) is 5.91. The van der Waals surface area contributed by atoms with Crippen molar-refractivity contribution >= 4 is 15.8 Å². The number of hydrogen-bond donors (Lipinski definition) is 1. The number of benzene rings is 1. The molecular weight excluding hydrogens is 453 g/mol. The van der Waals surface area contributed by atoms with Crippen LogP contribution in [0, 0.1) is 5.92 Å². The van der Waals surface area contributed by atoms with Crippen LogP contribution in [0.3, 0.4) is 0 Å². The zero-order chi connectivity index (χ0) is 23.7. The lowest BCUT2D eigenvalue weighted by Crippen LogP contribution is -2.24. The molecule has 1 aromatic carbocycles. The summed E-state index contributed by atoms with van der Waals surface area (Å²) < 4.78 is 79.3. The maximum Gasteiger partial charge on any atom is 0.417 e. The Labute approximate surface area is 182 Å². The van der Waals surface area contributed by atoms with Gasteiger partial charge in [0.05, 0.1) is 47.1 Å². The summed E-state index contributed by atoms with van der Waals surface area (Å²) in [5.74, 6) is -2.35. The van der Waals surface area contributed by atoms with Gasteiger partial charge in [-0.15, -0.1) is 0 Å². The third-order valence-corrected chi connectivity index (χ3v) is 7.83. The first kappa shape index (κ1) is 24.2. The van der Waals surface area contributed by atoms with Gasteiger partial charge in [-0.1, -0.05) is 6.07 Å². The Morgan fingerprint density at radius 2 is 1.97 bits per heavy atom. The molecule has 1 saturated carbocycles. The lowest BCUT2D eigenvalue weighted by Gasteiger charge is -2.18. The molecule has 0 radical (unpaired) electrons. The SMILES string of the molecule is COCCn1cc(-c2ccc(S(=O)(=O)[C@@H]3C[C@H](OC)[C@@H](C(=O)O)C3)c(C(F)(F)F)c2)cn1. The summed E-state index contributed by atoms with van der Waals surface area (Å²) in [5, 5.41) is 12.1. The van der Waals surface area contributed by atoms with Gasteiger partial charge < -0.3 is 14.6 Å². The van der Waals surface area contributed by atoms with Gasteiger partial charge in [0.25, 0.3) is 0 Å². The molecule has 1 aliphatic rings. The summed E-state index contributed by atoms with van der Waals surface area (Å²) in [7, 11) is -1.71. The third-order valence-electron chi connectivity index (χ3n) is 5.60. The zero-order valence-corrected chi connectivity index (χ0v) is 18.2. The maximum atomic E-state index is 13.9. The van der Waals surface area contributed by atoms with E-state index < -0.39 is 49.7 Å². The predicted octanol–water partition coefficient (Wildman–Crippen LogP) is 2.87. The predicted molar refractivity (Wildman–Crippen MR) is 107 cm³/mol. The molecule has 1 heterocycles. The lowest BCUT2D eigenvalue weighted by molar-refractivity contribution is -0.145. The minimum absolute atomic E-state index is 0.157. The molecule has 1 N–H and O–H groups in total. The molecule has 0 aliphatic heterocycles. The third kappa shape index (κ3) is 4.81. The minimum atomic E-state index is -4.93. The van der Waals surface area contributed by atoms with Gasteiger partial charge in [-0.25, -0.2) is 8.42 Å². The molecule has 3 rings (SSSR count). The molecule has 3 atom stereocenters. The Hall–Kier alpha value is -2.44. The van der Waals surface area contributed by atoms with Gasteiger partial charge >= 0.3 is 12.1 Å². The Morgan fingerprint density at radius 1 is 1.25 bits per heavy atom. The number of carboxylic acids is 1. The van der Waals surface area contributed by atoms with Crippen molar-refractivity contribution in [2.24, 2.45) is 5.92 Å². The molecule has 32 heavy (non-hydrogen) atoms. The average Bonchev–Trinajstić information content (AvgIpc) is 3.38. The Balaban J connectivity index is 1.99. The molecule has 0 bridgehead atoms. The van der Waals surface area contributed by atoms with Crippen LogP contribution in [-0.4, -0.2) is 61.5 Å². The van der Waals surface area contributed by atoms with Gasteiger partial charge in [-0.3, -0.25) is 9.48 Å². The van der Waals surface area contributed by atoms with Crippen LogP contribution < -0.4 is 0 Å². The Bertz CT molecular complexity index is 1080. The number of rotatable bonds is 8. The van der Waals surface area contributed by atoms with Crippen molar-refractivity contribution in [2.45, 2.75) is 41.8 Å². The molecule has 2 aromatic rings. The molecule has 0 saturated heterocycles. The largest absolute Gasteiger partial charge is 0.481 e. The molecule has 0 unspecified atom stereocenters. The summed E-state index contributed by atoms with van der Waals surface area (Å²) in [6.07, 6.45) is -3.41. The molecule has 1 fully saturated rings. The van der Waals surface area contributed by atoms with Gasteiger partial charge in [-0.2, -0.15) is 18.3 Å². The van der Waals surface area contributed by atoms with E-state index in [1.165, 1.54) is 31.2 Å². The smallest absolute Gasteiger partial charge is 0.417 e. The van der Waals surface area contributed by atoms with Crippen LogP contribution in [-0.2, 0) is 36.8 Å². The van der Waals surface area contributed by atoms with Crippen LogP contribution in [0.1, 0.15) is 18.4 Å². The highest BCUT2D eigenvalue weighted by molar-refractivity contribution is 7.92. The highest BCUT2D eigenvalue weighted by Crippen LogP contribution is 2.42. The quantitative estimate of drug-likeness (QED) is 0.624. The van der Waals surface area contributed by atoms with Crippen molar-refractivity contribution in [3.8, 4) is 11.1 Å². The average molecular weight is 476 g/mol. The van der Waals surface area contributed by atoms with E-state index in [4.69, 9.17) is 9.47 Å². The maximum absolute atomic E-state index is 13.9. The van der Waals surface area contributed by atoms with E-state index in [2.05, 4.69) is 5.10 Å². The van der Waals surface area contributed by atoms with Crippen molar-refractivity contribution in [3.63, 3.8) is 0 Å². The monoisotopic (exact) mass is 476 g/mol. The number of methoxy groups -OCH3 is 2. The van der Waals surface area contributed by atoms with Gasteiger partial charge in [0.1, 0.15) is 0 Å². The van der Waals surface area contributed by atoms with Crippen molar-refractivity contribution in [3.05, 3.63) is 36.2 Å². The van der Waals surface area contributed by atoms with Crippen LogP contribution in [0.5, 0.6) is 0 Å². The van der Waals surface area contributed by atoms with Crippen LogP contribution in [0.2, 0.25) is 0 Å². The zero-order valence-electron chi connectivity index (χ0n) is 17.4. The molecular formula is C20H23F3N2O6S. The number of aromatic nitrogens is 2. The molecule has 176 valence electrons. The minimum Gasteiger partial charge on any atom is -0.481 e. The number of alkyl halides is 3. The lowest BCUT2D eigenvalue weighted by atomic mass is 10.1. The highest BCUT2D eigenvalue weighted by Gasteiger charge is 2.47. The molecule has 0 amide bonds. The van der Waals surface area contributed by atoms with Crippen LogP contribution in [0.25, 0.3) is 11.1 Å². The van der Waals surface area contributed by atoms with E-state index in [1.807, 2.05) is 0 Å². The number of carbonyl (C=O) groups is 1. The summed E-state index contributed by atoms with van der Waals surface area (Å²) in [6, 6.07) is 3.00. The van der Waals surface area contributed by atoms with Gasteiger partial charge in [0.2, 0.25) is 0 Å². The molecule has 0 spiro atoms. The topological polar surface area (TPSA) is 108 Å². The van der Waals surface area contributed by atoms with E-state index in [1.54, 1.807) is 6.20 Å². The van der Waals surface area contributed by atoms with E-state index in [0.29, 0.717) is 18.7 Å². The Morgan fingerprint density at radius 3 is 2.53 bits per heavy atom. The number of nitrogens with zero attached hydrogens (tertiary/aromatic N) is 2. The van der Waals surface area contributed by atoms with Crippen molar-refractivity contribution in [2.75, 3.05) is 20.8 Å². The fourth-order valence-electron chi connectivity index (χ4n) is 3.91. The van der Waals surface area contributed by atoms with Crippen LogP contribution in [0.15, 0.2) is 35.5 Å². The van der Waals surface area contributed by atoms with Gasteiger partial charge in [0.15, 0.2) is 9.84 Å². The molecule has 1 aliphatic carbocycles. The van der Waals surface area contributed by atoms with Crippen LogP contribution >= 0.6 is 0 Å². The van der Waals surface area contributed by atoms with Crippen LogP contribution in [0.4, 0.5) is 13.2 Å². The molecule has 12 heteroatoms. The first-order valence-corrected chi connectivity index (χ1v) is 11.3. The van der Waals surface area contributed by atoms with E-state index in [0.717, 1.165) is 12.1 Å². The second-order valence-corrected chi connectivity index (χ2v) is 9.75. The highest BCUT2D eigenvalue weighted by atomic mass is 32.2. The van der Waals surface area contributed by atoms with Gasteiger partial charge in [-0.05, 0) is 30.5 Å². The summed E-state index contributed by atoms with van der Waals surface area (Å²) in [5.41, 5.74) is -0.751. The standard InChI is InChI=1S/C20H23F3N2O6S/c1-30-6-5-25-11-13(10-24-25)12-3-4-18(16(7-12)20(21,22)23)32(28,29)14-8-15(19(26)27)17(9-14)31-2/h3-4,7,10-11,14-15,17H,5-6,8-9H2,1-2H3,(H,26,27)/t14-,15-,17-/m0/s1. The summed E-state index contributed by atoms with van der Waals surface area (Å²) >= 11 is 0. The fraction of sp³-hybridized carbons (Fsp3) is 0.500. The van der Waals surface area contributed by atoms with Gasteiger partial charge in [0, 0.05) is 26.0 Å². The second-order valence-electron chi connectivity index (χ2n) is 7.55. The number of halogens is 3. The van der Waals surface area contributed by atoms with Crippen molar-refractivity contribution in [1.29, 1.82) is 0 Å². The molecule has 1 aromatic heterocycles. The Kier molecular flexibility index (Phi) is 6.96. The number of sulfone groups is 1. The normalized spacial score (nSPS) is 21.7. The number of aliphatic carboxylic acids is 1. The first-order valence-electron chi connectivity index (χ1n) is 9.71. The number of hydrogen-bond acceptors (Lipinski definition) is 6. The number of carboxylic acid groups (broad SMARTS) is 1. The molecule has 8 nitrogen and oxygen atoms in total. The van der Waals surface area contributed by atoms with Crippen molar-refractivity contribution in [1.82, 2.24) is 9.78 Å².